The maximum absolute atomic E-state index is 12.8. The van der Waals surface area contributed by atoms with E-state index < -0.39 is 32.5 Å². The van der Waals surface area contributed by atoms with E-state index in [2.05, 4.69) is 196 Å². The van der Waals surface area contributed by atoms with E-state index in [0.29, 0.717) is 12.8 Å². The summed E-state index contributed by atoms with van der Waals surface area (Å²) < 4.78 is 33.1. The normalized spacial score (nSPS) is 14.2. The van der Waals surface area contributed by atoms with Gasteiger partial charge in [-0.2, -0.15) is 0 Å². The van der Waals surface area contributed by atoms with Gasteiger partial charge < -0.3 is 20.1 Å². The molecule has 0 spiro atoms. The van der Waals surface area contributed by atoms with Crippen molar-refractivity contribution in [3.8, 4) is 0 Å². The van der Waals surface area contributed by atoms with E-state index in [4.69, 9.17) is 24.3 Å². The van der Waals surface area contributed by atoms with Crippen LogP contribution in [0, 0.1) is 0 Å². The average Bonchev–Trinajstić information content (AvgIpc) is 3.52. The smallest absolute Gasteiger partial charge is 0.462 e. The molecule has 0 saturated carbocycles. The second-order valence-corrected chi connectivity index (χ2v) is 22.7. The van der Waals surface area contributed by atoms with Crippen LogP contribution in [0.5, 0.6) is 0 Å². The number of nitrogens with two attached hydrogens (primary N) is 1. The van der Waals surface area contributed by atoms with Gasteiger partial charge in [0.05, 0.1) is 13.2 Å². The number of rotatable bonds is 60. The largest absolute Gasteiger partial charge is 0.472 e. The summed E-state index contributed by atoms with van der Waals surface area (Å²) in [5, 5.41) is 0. The lowest BCUT2D eigenvalue weighted by Crippen LogP contribution is -2.29. The fourth-order valence-electron chi connectivity index (χ4n) is 8.46. The zero-order valence-corrected chi connectivity index (χ0v) is 54.4. The lowest BCUT2D eigenvalue weighted by Gasteiger charge is -2.19. The van der Waals surface area contributed by atoms with Gasteiger partial charge in [-0.05, 0) is 135 Å². The highest BCUT2D eigenvalue weighted by atomic mass is 31.2. The first kappa shape index (κ1) is 80.1. The summed E-state index contributed by atoms with van der Waals surface area (Å²) in [7, 11) is -4.41. The summed E-state index contributed by atoms with van der Waals surface area (Å²) in [6.45, 7) is 3.47. The first-order valence-electron chi connectivity index (χ1n) is 33.3. The standard InChI is InChI=1S/C75H120NO8P/c1-3-5-7-9-11-13-15-17-19-21-23-25-27-29-31-32-33-34-35-36-37-38-39-40-42-44-46-48-50-52-54-56-58-60-62-64-66-68-75(78)84-73(72-83-85(79,80)82-70-69-76)71-81-74(77)67-65-63-61-59-57-55-53-51-49-47-45-43-41-30-28-26-24-22-20-18-16-14-12-10-8-6-4-2/h5-8,11-14,17-20,23-26,29-31,33-34,36-37,39-41,45,47,51,53,73H,3-4,9-10,15-16,21-22,27-28,32,35,38,42-44,46,48-50,52,54-72,76H2,1-2H3,(H,79,80)/b7-5-,8-6-,13-11-,14-12-,19-17-,20-18-,25-23-,26-24-,31-29-,34-33-,37-36-,40-39-,41-30-,47-45-,53-51-. The molecule has 9 nitrogen and oxygen atoms in total. The molecule has 0 aromatic carbocycles. The highest BCUT2D eigenvalue weighted by Crippen LogP contribution is 2.43. The highest BCUT2D eigenvalue weighted by Gasteiger charge is 2.26. The number of allylic oxidation sites excluding steroid dienone is 30. The van der Waals surface area contributed by atoms with Crippen molar-refractivity contribution < 1.29 is 37.6 Å². The lowest BCUT2D eigenvalue weighted by atomic mass is 10.0. The summed E-state index contributed by atoms with van der Waals surface area (Å²) in [5.41, 5.74) is 5.39. The van der Waals surface area contributed by atoms with E-state index in [-0.39, 0.29) is 32.6 Å². The molecule has 85 heavy (non-hydrogen) atoms. The van der Waals surface area contributed by atoms with Crippen molar-refractivity contribution in [2.45, 2.75) is 251 Å². The molecule has 0 radical (unpaired) electrons. The maximum Gasteiger partial charge on any atom is 0.472 e. The van der Waals surface area contributed by atoms with Crippen molar-refractivity contribution in [1.82, 2.24) is 0 Å². The summed E-state index contributed by atoms with van der Waals surface area (Å²) in [6, 6.07) is 0. The number of hydrogen-bond donors (Lipinski definition) is 2. The number of phosphoric acid groups is 1. The molecule has 0 aromatic rings. The van der Waals surface area contributed by atoms with Gasteiger partial charge >= 0.3 is 19.8 Å². The minimum Gasteiger partial charge on any atom is -0.462 e. The van der Waals surface area contributed by atoms with Gasteiger partial charge in [-0.3, -0.25) is 18.6 Å². The molecule has 2 atom stereocenters. The number of carbonyl (C=O) groups excluding carboxylic acids is 2. The van der Waals surface area contributed by atoms with E-state index in [1.54, 1.807) is 0 Å². The molecule has 0 aliphatic carbocycles. The number of ether oxygens (including phenoxy) is 2. The summed E-state index contributed by atoms with van der Waals surface area (Å²) >= 11 is 0. The molecule has 0 aromatic heterocycles. The minimum atomic E-state index is -4.41. The monoisotopic (exact) mass is 1190 g/mol. The zero-order valence-electron chi connectivity index (χ0n) is 53.5. The van der Waals surface area contributed by atoms with Crippen LogP contribution in [0.2, 0.25) is 0 Å². The average molecular weight is 1190 g/mol. The molecule has 0 aliphatic rings. The topological polar surface area (TPSA) is 134 Å². The Bertz CT molecular complexity index is 2040. The Balaban J connectivity index is 4.01. The maximum atomic E-state index is 12.8. The van der Waals surface area contributed by atoms with Crippen molar-refractivity contribution in [3.63, 3.8) is 0 Å². The predicted molar refractivity (Wildman–Crippen MR) is 366 cm³/mol. The van der Waals surface area contributed by atoms with Crippen molar-refractivity contribution in [2.75, 3.05) is 26.4 Å². The molecule has 0 bridgehead atoms. The Labute approximate surface area is 520 Å². The van der Waals surface area contributed by atoms with Crippen LogP contribution in [0.25, 0.3) is 0 Å². The molecular weight excluding hydrogens is 1070 g/mol. The molecule has 0 fully saturated rings. The molecule has 0 rings (SSSR count). The van der Waals surface area contributed by atoms with Gasteiger partial charge in [-0.25, -0.2) is 4.57 Å². The van der Waals surface area contributed by atoms with Crippen LogP contribution in [0.4, 0.5) is 0 Å². The Hall–Kier alpha value is -4.89. The van der Waals surface area contributed by atoms with Crippen LogP contribution in [0.1, 0.15) is 245 Å². The lowest BCUT2D eigenvalue weighted by molar-refractivity contribution is -0.161. The molecule has 0 saturated heterocycles. The van der Waals surface area contributed by atoms with E-state index >= 15 is 0 Å². The van der Waals surface area contributed by atoms with Crippen LogP contribution >= 0.6 is 7.82 Å². The minimum absolute atomic E-state index is 0.0407. The van der Waals surface area contributed by atoms with E-state index in [0.717, 1.165) is 154 Å². The van der Waals surface area contributed by atoms with Gasteiger partial charge in [0, 0.05) is 19.4 Å². The zero-order chi connectivity index (χ0) is 61.6. The SMILES string of the molecule is CC/C=C\C/C=C\C/C=C\C/C=C\C/C=C\C/C=C\C/C=C\C/C=C\CCCCCCCCCCCCCCC(=O)OC(COC(=O)CCCCCCC/C=C\C/C=C\C/C=C\C/C=C\C/C=C\C/C=C\C/C=C\CC)COP(=O)(O)OCCN. The van der Waals surface area contributed by atoms with Gasteiger partial charge in [0.1, 0.15) is 6.61 Å². The van der Waals surface area contributed by atoms with Gasteiger partial charge in [0.15, 0.2) is 6.10 Å². The predicted octanol–water partition coefficient (Wildman–Crippen LogP) is 22.0. The van der Waals surface area contributed by atoms with Gasteiger partial charge in [-0.15, -0.1) is 0 Å². The molecule has 3 N–H and O–H groups in total. The molecule has 478 valence electrons. The summed E-state index contributed by atoms with van der Waals surface area (Å²) in [4.78, 5) is 35.3. The molecule has 0 heterocycles. The van der Waals surface area contributed by atoms with Crippen LogP contribution in [-0.4, -0.2) is 49.3 Å². The second kappa shape index (κ2) is 68.2. The number of esters is 2. The van der Waals surface area contributed by atoms with Gasteiger partial charge in [0.2, 0.25) is 0 Å². The summed E-state index contributed by atoms with van der Waals surface area (Å²) in [6.07, 6.45) is 102. The Morgan fingerprint density at radius 1 is 0.353 bits per heavy atom. The van der Waals surface area contributed by atoms with Crippen LogP contribution in [0.15, 0.2) is 182 Å². The number of carbonyl (C=O) groups is 2. The molecule has 2 unspecified atom stereocenters. The Morgan fingerprint density at radius 3 is 0.906 bits per heavy atom. The summed E-state index contributed by atoms with van der Waals surface area (Å²) in [5.74, 6) is -0.863. The van der Waals surface area contributed by atoms with Crippen LogP contribution in [-0.2, 0) is 32.7 Å². The van der Waals surface area contributed by atoms with E-state index in [1.165, 1.54) is 51.4 Å². The third-order valence-electron chi connectivity index (χ3n) is 13.3. The van der Waals surface area contributed by atoms with E-state index in [1.807, 2.05) is 0 Å². The third-order valence-corrected chi connectivity index (χ3v) is 14.3. The van der Waals surface area contributed by atoms with Gasteiger partial charge in [-0.1, -0.05) is 280 Å². The molecule has 0 aliphatic heterocycles. The molecule has 0 amide bonds. The van der Waals surface area contributed by atoms with Crippen molar-refractivity contribution >= 4 is 19.8 Å². The van der Waals surface area contributed by atoms with Crippen LogP contribution < -0.4 is 5.73 Å². The fourth-order valence-corrected chi connectivity index (χ4v) is 9.22. The van der Waals surface area contributed by atoms with Crippen molar-refractivity contribution in [1.29, 1.82) is 0 Å². The molecule has 10 heteroatoms. The van der Waals surface area contributed by atoms with Crippen LogP contribution in [0.3, 0.4) is 0 Å². The highest BCUT2D eigenvalue weighted by molar-refractivity contribution is 7.47. The fraction of sp³-hybridized carbons (Fsp3) is 0.573. The van der Waals surface area contributed by atoms with E-state index in [9.17, 15) is 19.0 Å². The third kappa shape index (κ3) is 68.1. The first-order chi connectivity index (χ1) is 41.8. The number of phosphoric ester groups is 1. The first-order valence-corrected chi connectivity index (χ1v) is 34.8. The Morgan fingerprint density at radius 2 is 0.612 bits per heavy atom. The van der Waals surface area contributed by atoms with Crippen molar-refractivity contribution in [2.24, 2.45) is 5.73 Å². The second-order valence-electron chi connectivity index (χ2n) is 21.2. The Kier molecular flexibility index (Phi) is 64.3. The number of unbranched alkanes of at least 4 members (excludes halogenated alkanes) is 17. The van der Waals surface area contributed by atoms with Crippen molar-refractivity contribution in [3.05, 3.63) is 182 Å². The molecular formula is C75H120NO8P. The quantitative estimate of drug-likeness (QED) is 0.0264. The number of hydrogen-bond acceptors (Lipinski definition) is 8. The van der Waals surface area contributed by atoms with Gasteiger partial charge in [0.25, 0.3) is 0 Å².